The third kappa shape index (κ3) is 4.63. The van der Waals surface area contributed by atoms with Crippen LogP contribution >= 0.6 is 0 Å². The predicted octanol–water partition coefficient (Wildman–Crippen LogP) is 2.25. The standard InChI is InChI=1S/C21H19F5N4O4/c1-9-14(16(31)19(33)29-17(20(34)27-2)21(24,25)26)13-4-3-7-30(13)15(9)18(32)28-10-5-6-11(22)12(23)8-10/h5-6,8,17H,3-4,7H2,1-2H3,(H,27,34)(H,28,32)(H,29,33). The first kappa shape index (κ1) is 24.9. The molecule has 34 heavy (non-hydrogen) atoms. The van der Waals surface area contributed by atoms with Crippen LogP contribution in [0.25, 0.3) is 0 Å². The third-order valence-corrected chi connectivity index (χ3v) is 5.35. The van der Waals surface area contributed by atoms with Crippen LogP contribution in [0.1, 0.15) is 38.5 Å². The lowest BCUT2D eigenvalue weighted by Crippen LogP contribution is -2.55. The van der Waals surface area contributed by atoms with E-state index < -0.39 is 47.4 Å². The number of rotatable bonds is 6. The van der Waals surface area contributed by atoms with E-state index in [1.54, 1.807) is 5.32 Å². The smallest absolute Gasteiger partial charge is 0.357 e. The zero-order valence-corrected chi connectivity index (χ0v) is 17.9. The Balaban J connectivity index is 1.93. The summed E-state index contributed by atoms with van der Waals surface area (Å²) in [6.45, 7) is 1.63. The number of anilines is 1. The van der Waals surface area contributed by atoms with Gasteiger partial charge in [-0.2, -0.15) is 13.2 Å². The molecule has 0 spiro atoms. The fourth-order valence-corrected chi connectivity index (χ4v) is 3.83. The molecule has 182 valence electrons. The number of carbonyl (C=O) groups is 4. The van der Waals surface area contributed by atoms with Crippen molar-refractivity contribution in [2.24, 2.45) is 0 Å². The molecule has 3 N–H and O–H groups in total. The number of ketones is 1. The Kier molecular flexibility index (Phi) is 6.75. The maximum absolute atomic E-state index is 13.5. The first-order valence-electron chi connectivity index (χ1n) is 9.98. The third-order valence-electron chi connectivity index (χ3n) is 5.35. The average molecular weight is 486 g/mol. The van der Waals surface area contributed by atoms with Gasteiger partial charge in [-0.25, -0.2) is 8.78 Å². The van der Waals surface area contributed by atoms with Gasteiger partial charge in [0.05, 0.1) is 5.56 Å². The Labute approximate surface area is 189 Å². The minimum atomic E-state index is -5.15. The number of likely N-dealkylation sites (N-methyl/N-ethyl adjacent to an activating group) is 1. The molecule has 1 aromatic carbocycles. The van der Waals surface area contributed by atoms with Crippen LogP contribution in [0.4, 0.5) is 27.6 Å². The summed E-state index contributed by atoms with van der Waals surface area (Å²) in [6.07, 6.45) is -4.39. The first-order valence-corrected chi connectivity index (χ1v) is 9.98. The van der Waals surface area contributed by atoms with E-state index in [0.717, 1.165) is 25.2 Å². The number of carbonyl (C=O) groups excluding carboxylic acids is 4. The highest BCUT2D eigenvalue weighted by atomic mass is 19.4. The van der Waals surface area contributed by atoms with Crippen molar-refractivity contribution >= 4 is 29.2 Å². The van der Waals surface area contributed by atoms with Gasteiger partial charge < -0.3 is 20.5 Å². The van der Waals surface area contributed by atoms with E-state index in [1.807, 2.05) is 0 Å². The van der Waals surface area contributed by atoms with Crippen molar-refractivity contribution < 1.29 is 41.1 Å². The molecule has 1 atom stereocenters. The van der Waals surface area contributed by atoms with Crippen molar-refractivity contribution in [3.8, 4) is 0 Å². The average Bonchev–Trinajstić information content (AvgIpc) is 3.31. The lowest BCUT2D eigenvalue weighted by Gasteiger charge is -2.19. The van der Waals surface area contributed by atoms with E-state index in [9.17, 15) is 41.1 Å². The monoisotopic (exact) mass is 486 g/mol. The van der Waals surface area contributed by atoms with Crippen LogP contribution < -0.4 is 16.0 Å². The van der Waals surface area contributed by atoms with Crippen LogP contribution in [-0.4, -0.2) is 47.3 Å². The second-order valence-corrected chi connectivity index (χ2v) is 7.52. The Morgan fingerprint density at radius 1 is 1.09 bits per heavy atom. The maximum atomic E-state index is 13.5. The molecule has 13 heteroatoms. The number of nitrogens with zero attached hydrogens (tertiary/aromatic N) is 1. The van der Waals surface area contributed by atoms with Gasteiger partial charge in [-0.3, -0.25) is 19.2 Å². The van der Waals surface area contributed by atoms with Crippen LogP contribution in [0.5, 0.6) is 0 Å². The van der Waals surface area contributed by atoms with Crippen molar-refractivity contribution in [1.82, 2.24) is 15.2 Å². The Hall–Kier alpha value is -3.77. The number of aromatic nitrogens is 1. The van der Waals surface area contributed by atoms with Crippen LogP contribution in [0.15, 0.2) is 18.2 Å². The van der Waals surface area contributed by atoms with Crippen molar-refractivity contribution in [1.29, 1.82) is 0 Å². The summed E-state index contributed by atoms with van der Waals surface area (Å²) in [5.41, 5.74) is -0.0635. The first-order chi connectivity index (χ1) is 15.9. The van der Waals surface area contributed by atoms with Gasteiger partial charge in [0.2, 0.25) is 6.04 Å². The van der Waals surface area contributed by atoms with Gasteiger partial charge in [-0.1, -0.05) is 0 Å². The van der Waals surface area contributed by atoms with Gasteiger partial charge in [-0.05, 0) is 37.5 Å². The Morgan fingerprint density at radius 2 is 1.76 bits per heavy atom. The van der Waals surface area contributed by atoms with E-state index in [-0.39, 0.29) is 41.2 Å². The summed E-state index contributed by atoms with van der Waals surface area (Å²) >= 11 is 0. The summed E-state index contributed by atoms with van der Waals surface area (Å²) in [7, 11) is 0.942. The quantitative estimate of drug-likeness (QED) is 0.331. The number of hydrogen-bond donors (Lipinski definition) is 3. The molecule has 0 aliphatic carbocycles. The van der Waals surface area contributed by atoms with Crippen molar-refractivity contribution in [2.75, 3.05) is 12.4 Å². The Morgan fingerprint density at radius 3 is 2.35 bits per heavy atom. The van der Waals surface area contributed by atoms with Crippen molar-refractivity contribution in [3.05, 3.63) is 52.3 Å². The molecule has 1 aliphatic rings. The van der Waals surface area contributed by atoms with Crippen molar-refractivity contribution in [2.45, 2.75) is 38.5 Å². The summed E-state index contributed by atoms with van der Waals surface area (Å²) in [4.78, 5) is 49.6. The van der Waals surface area contributed by atoms with Crippen LogP contribution in [-0.2, 0) is 22.6 Å². The fourth-order valence-electron chi connectivity index (χ4n) is 3.83. The maximum Gasteiger partial charge on any atom is 0.417 e. The molecule has 0 radical (unpaired) electrons. The van der Waals surface area contributed by atoms with Crippen LogP contribution in [0.2, 0.25) is 0 Å². The van der Waals surface area contributed by atoms with Crippen LogP contribution in [0, 0.1) is 18.6 Å². The molecule has 1 aliphatic heterocycles. The molecule has 0 saturated heterocycles. The van der Waals surface area contributed by atoms with E-state index in [0.29, 0.717) is 6.42 Å². The van der Waals surface area contributed by atoms with Gasteiger partial charge in [0, 0.05) is 31.0 Å². The second-order valence-electron chi connectivity index (χ2n) is 7.52. The minimum absolute atomic E-state index is 0.0263. The summed E-state index contributed by atoms with van der Waals surface area (Å²) < 4.78 is 67.5. The van der Waals surface area contributed by atoms with Gasteiger partial charge >= 0.3 is 6.18 Å². The number of Topliss-reactive ketones (excluding diaryl/α,β-unsaturated/α-hetero) is 1. The second kappa shape index (κ2) is 9.23. The highest BCUT2D eigenvalue weighted by Crippen LogP contribution is 2.30. The molecular formula is C21H19F5N4O4. The van der Waals surface area contributed by atoms with Gasteiger partial charge in [0.25, 0.3) is 23.5 Å². The van der Waals surface area contributed by atoms with E-state index in [4.69, 9.17) is 0 Å². The predicted molar refractivity (Wildman–Crippen MR) is 108 cm³/mol. The summed E-state index contributed by atoms with van der Waals surface area (Å²) in [5.74, 6) is -7.66. The van der Waals surface area contributed by atoms with Crippen molar-refractivity contribution in [3.63, 3.8) is 0 Å². The SMILES string of the molecule is CNC(=O)C(NC(=O)C(=O)c1c(C)c(C(=O)Nc2ccc(F)c(F)c2)n2c1CCC2)C(F)(F)F. The number of hydrogen-bond acceptors (Lipinski definition) is 4. The minimum Gasteiger partial charge on any atom is -0.357 e. The highest BCUT2D eigenvalue weighted by molar-refractivity contribution is 6.44. The molecular weight excluding hydrogens is 467 g/mol. The molecule has 3 amide bonds. The number of alkyl halides is 3. The zero-order chi connectivity index (χ0) is 25.4. The fraction of sp³-hybridized carbons (Fsp3) is 0.333. The number of benzene rings is 1. The number of fused-ring (bicyclic) bond motifs is 1. The lowest BCUT2D eigenvalue weighted by molar-refractivity contribution is -0.170. The molecule has 0 bridgehead atoms. The molecule has 0 saturated carbocycles. The van der Waals surface area contributed by atoms with E-state index >= 15 is 0 Å². The topological polar surface area (TPSA) is 109 Å². The van der Waals surface area contributed by atoms with Crippen LogP contribution in [0.3, 0.4) is 0 Å². The van der Waals surface area contributed by atoms with E-state index in [1.165, 1.54) is 16.8 Å². The number of nitrogens with one attached hydrogen (secondary N) is 3. The normalized spacial score (nSPS) is 13.7. The largest absolute Gasteiger partial charge is 0.417 e. The van der Waals surface area contributed by atoms with Gasteiger partial charge in [0.1, 0.15) is 5.69 Å². The zero-order valence-electron chi connectivity index (χ0n) is 17.9. The molecule has 2 aromatic rings. The molecule has 1 unspecified atom stereocenters. The Bertz CT molecular complexity index is 1190. The molecule has 2 heterocycles. The number of halogens is 5. The van der Waals surface area contributed by atoms with E-state index in [2.05, 4.69) is 5.32 Å². The van der Waals surface area contributed by atoms with Gasteiger partial charge in [-0.15, -0.1) is 0 Å². The molecule has 1 aromatic heterocycles. The molecule has 0 fully saturated rings. The number of amides is 3. The summed E-state index contributed by atoms with van der Waals surface area (Å²) in [6, 6.07) is -0.259. The summed E-state index contributed by atoms with van der Waals surface area (Å²) in [5, 5.41) is 5.54. The lowest BCUT2D eigenvalue weighted by atomic mass is 10.0. The highest BCUT2D eigenvalue weighted by Gasteiger charge is 2.47. The van der Waals surface area contributed by atoms with Gasteiger partial charge in [0.15, 0.2) is 11.6 Å². The molecule has 8 nitrogen and oxygen atoms in total. The molecule has 3 rings (SSSR count).